The number of aryl methyl sites for hydroxylation is 1. The Hall–Kier alpha value is -1.78. The van der Waals surface area contributed by atoms with Crippen LogP contribution in [0.2, 0.25) is 0 Å². The van der Waals surface area contributed by atoms with E-state index in [0.717, 1.165) is 43.4 Å². The van der Waals surface area contributed by atoms with Gasteiger partial charge in [0.25, 0.3) is 10.0 Å². The highest BCUT2D eigenvalue weighted by Gasteiger charge is 2.35. The number of nitrogens with zero attached hydrogens (tertiary/aromatic N) is 3. The van der Waals surface area contributed by atoms with Crippen molar-refractivity contribution < 1.29 is 17.7 Å². The second-order valence-electron chi connectivity index (χ2n) is 8.19. The van der Waals surface area contributed by atoms with Crippen LogP contribution in [0.15, 0.2) is 20.2 Å². The minimum Gasteiger partial charge on any atom is -0.353 e. The molecule has 4 rings (SSSR count). The van der Waals surface area contributed by atoms with E-state index in [1.807, 2.05) is 0 Å². The maximum atomic E-state index is 13.2. The number of hydrogen-bond acceptors (Lipinski definition) is 7. The molecule has 1 aliphatic heterocycles. The minimum atomic E-state index is -3.66. The summed E-state index contributed by atoms with van der Waals surface area (Å²) in [4.78, 5) is 17.0. The summed E-state index contributed by atoms with van der Waals surface area (Å²) in [6.07, 6.45) is 8.21. The van der Waals surface area contributed by atoms with E-state index in [1.54, 1.807) is 18.4 Å². The number of piperidine rings is 1. The second kappa shape index (κ2) is 9.15. The lowest BCUT2D eigenvalue weighted by molar-refractivity contribution is -0.126. The van der Waals surface area contributed by atoms with E-state index in [-0.39, 0.29) is 28.6 Å². The Bertz CT molecular complexity index is 977. The minimum absolute atomic E-state index is 0.00376. The monoisotopic (exact) mass is 452 g/mol. The molecule has 1 amide bonds. The van der Waals surface area contributed by atoms with Crippen LogP contribution >= 0.6 is 11.3 Å². The van der Waals surface area contributed by atoms with Crippen LogP contribution in [0.3, 0.4) is 0 Å². The lowest BCUT2D eigenvalue weighted by atomic mass is 9.97. The van der Waals surface area contributed by atoms with E-state index < -0.39 is 10.0 Å². The SMILES string of the molecule is Cc1nc(-c2csc(S(=O)(=O)N3CCC[C@H](C(=O)NC4CCCCCC4)C3)c2)no1. The molecule has 0 radical (unpaired) electrons. The summed E-state index contributed by atoms with van der Waals surface area (Å²) in [7, 11) is -3.66. The average Bonchev–Trinajstić information content (AvgIpc) is 3.33. The maximum Gasteiger partial charge on any atom is 0.252 e. The van der Waals surface area contributed by atoms with E-state index in [4.69, 9.17) is 4.52 Å². The van der Waals surface area contributed by atoms with E-state index in [9.17, 15) is 13.2 Å². The summed E-state index contributed by atoms with van der Waals surface area (Å²) < 4.78 is 33.0. The van der Waals surface area contributed by atoms with Gasteiger partial charge in [-0.05, 0) is 31.7 Å². The first-order chi connectivity index (χ1) is 14.4. The molecule has 1 aliphatic carbocycles. The van der Waals surface area contributed by atoms with Crippen LogP contribution in [0, 0.1) is 12.8 Å². The Balaban J connectivity index is 1.43. The first-order valence-corrected chi connectivity index (χ1v) is 13.0. The number of carbonyl (C=O) groups excluding carboxylic acids is 1. The van der Waals surface area contributed by atoms with Gasteiger partial charge in [-0.15, -0.1) is 11.3 Å². The number of carbonyl (C=O) groups is 1. The van der Waals surface area contributed by atoms with Gasteiger partial charge in [0.2, 0.25) is 17.6 Å². The van der Waals surface area contributed by atoms with Crippen molar-refractivity contribution in [2.24, 2.45) is 5.92 Å². The molecule has 10 heteroatoms. The fourth-order valence-electron chi connectivity index (χ4n) is 4.23. The Kier molecular flexibility index (Phi) is 6.54. The van der Waals surface area contributed by atoms with E-state index >= 15 is 0 Å². The third-order valence-corrected chi connectivity index (χ3v) is 9.19. The quantitative estimate of drug-likeness (QED) is 0.698. The molecule has 0 unspecified atom stereocenters. The molecule has 164 valence electrons. The van der Waals surface area contributed by atoms with E-state index in [0.29, 0.717) is 30.2 Å². The molecule has 8 nitrogen and oxygen atoms in total. The number of nitrogens with one attached hydrogen (secondary N) is 1. The van der Waals surface area contributed by atoms with Crippen LogP contribution in [-0.4, -0.2) is 47.9 Å². The van der Waals surface area contributed by atoms with E-state index in [1.165, 1.54) is 17.1 Å². The van der Waals surface area contributed by atoms with Gasteiger partial charge in [0.05, 0.1) is 5.92 Å². The Labute approximate surface area is 181 Å². The molecule has 2 aliphatic rings. The van der Waals surface area contributed by atoms with Crippen LogP contribution in [0.4, 0.5) is 0 Å². The molecule has 1 N–H and O–H groups in total. The molecule has 1 atom stereocenters. The third kappa shape index (κ3) is 4.76. The first-order valence-electron chi connectivity index (χ1n) is 10.6. The number of amides is 1. The molecule has 1 saturated heterocycles. The Morgan fingerprint density at radius 2 is 1.97 bits per heavy atom. The molecule has 2 fully saturated rings. The molecule has 2 aromatic heterocycles. The van der Waals surface area contributed by atoms with Crippen molar-refractivity contribution in [3.63, 3.8) is 0 Å². The van der Waals surface area contributed by atoms with Crippen molar-refractivity contribution in [2.45, 2.75) is 68.5 Å². The number of aromatic nitrogens is 2. The summed E-state index contributed by atoms with van der Waals surface area (Å²) in [5.74, 6) is 0.510. The van der Waals surface area contributed by atoms with Crippen molar-refractivity contribution in [3.05, 3.63) is 17.3 Å². The smallest absolute Gasteiger partial charge is 0.252 e. The van der Waals surface area contributed by atoms with Gasteiger partial charge in [-0.25, -0.2) is 8.42 Å². The van der Waals surface area contributed by atoms with Gasteiger partial charge in [-0.3, -0.25) is 4.79 Å². The molecule has 0 spiro atoms. The summed E-state index contributed by atoms with van der Waals surface area (Å²) in [6.45, 7) is 2.36. The van der Waals surface area contributed by atoms with Gasteiger partial charge < -0.3 is 9.84 Å². The summed E-state index contributed by atoms with van der Waals surface area (Å²) >= 11 is 1.14. The van der Waals surface area contributed by atoms with Crippen LogP contribution in [0.25, 0.3) is 11.4 Å². The van der Waals surface area contributed by atoms with Crippen LogP contribution in [-0.2, 0) is 14.8 Å². The topological polar surface area (TPSA) is 105 Å². The normalized spacial score (nSPS) is 22.0. The molecule has 3 heterocycles. The fraction of sp³-hybridized carbons (Fsp3) is 0.650. The predicted octanol–water partition coefficient (Wildman–Crippen LogP) is 3.35. The Morgan fingerprint density at radius 1 is 1.20 bits per heavy atom. The Morgan fingerprint density at radius 3 is 2.67 bits per heavy atom. The molecule has 30 heavy (non-hydrogen) atoms. The predicted molar refractivity (Wildman–Crippen MR) is 113 cm³/mol. The number of thiophene rings is 1. The summed E-state index contributed by atoms with van der Waals surface area (Å²) in [5, 5.41) is 8.75. The molecule has 1 saturated carbocycles. The number of hydrogen-bond donors (Lipinski definition) is 1. The van der Waals surface area contributed by atoms with Crippen molar-refractivity contribution in [1.82, 2.24) is 19.8 Å². The zero-order valence-corrected chi connectivity index (χ0v) is 18.8. The number of sulfonamides is 1. The highest BCUT2D eigenvalue weighted by molar-refractivity contribution is 7.91. The van der Waals surface area contributed by atoms with Gasteiger partial charge in [0.1, 0.15) is 4.21 Å². The zero-order valence-electron chi connectivity index (χ0n) is 17.2. The van der Waals surface area contributed by atoms with Gasteiger partial charge in [-0.2, -0.15) is 9.29 Å². The molecular weight excluding hydrogens is 424 g/mol. The first kappa shape index (κ1) is 21.5. The fourth-order valence-corrected chi connectivity index (χ4v) is 7.06. The molecule has 0 aromatic carbocycles. The summed E-state index contributed by atoms with van der Waals surface area (Å²) in [5.41, 5.74) is 0.620. The molecule has 2 aromatic rings. The van der Waals surface area contributed by atoms with Gasteiger partial charge in [0.15, 0.2) is 0 Å². The molecule has 0 bridgehead atoms. The van der Waals surface area contributed by atoms with Crippen molar-refractivity contribution in [3.8, 4) is 11.4 Å². The van der Waals surface area contributed by atoms with Gasteiger partial charge in [-0.1, -0.05) is 30.8 Å². The largest absolute Gasteiger partial charge is 0.353 e. The average molecular weight is 453 g/mol. The zero-order chi connectivity index (χ0) is 21.1. The lowest BCUT2D eigenvalue weighted by Gasteiger charge is -2.31. The lowest BCUT2D eigenvalue weighted by Crippen LogP contribution is -2.47. The standard InChI is InChI=1S/C20H28N4O4S2/c1-14-21-19(23-28-14)16-11-18(29-13-16)30(26,27)24-10-6-7-15(12-24)20(25)22-17-8-4-2-3-5-9-17/h11,13,15,17H,2-10,12H2,1H3,(H,22,25)/t15-/m0/s1. The van der Waals surface area contributed by atoms with Gasteiger partial charge in [0, 0.05) is 37.0 Å². The van der Waals surface area contributed by atoms with Crippen molar-refractivity contribution in [2.75, 3.05) is 13.1 Å². The van der Waals surface area contributed by atoms with Crippen LogP contribution in [0.5, 0.6) is 0 Å². The molecular formula is C20H28N4O4S2. The van der Waals surface area contributed by atoms with Crippen LogP contribution < -0.4 is 5.32 Å². The highest BCUT2D eigenvalue weighted by atomic mass is 32.2. The van der Waals surface area contributed by atoms with Crippen molar-refractivity contribution >= 4 is 27.3 Å². The van der Waals surface area contributed by atoms with Gasteiger partial charge >= 0.3 is 0 Å². The van der Waals surface area contributed by atoms with Crippen LogP contribution in [0.1, 0.15) is 57.3 Å². The van der Waals surface area contributed by atoms with Crippen molar-refractivity contribution in [1.29, 1.82) is 0 Å². The highest BCUT2D eigenvalue weighted by Crippen LogP contribution is 2.31. The maximum absolute atomic E-state index is 13.2. The third-order valence-electron chi connectivity index (χ3n) is 5.91. The van der Waals surface area contributed by atoms with E-state index in [2.05, 4.69) is 15.5 Å². The number of rotatable bonds is 5. The second-order valence-corrected chi connectivity index (χ2v) is 11.3. The summed E-state index contributed by atoms with van der Waals surface area (Å²) in [6, 6.07) is 1.81.